The molecule has 5 nitrogen and oxygen atoms in total. The molecule has 0 aromatic carbocycles. The number of aryl methyl sites for hydroxylation is 2. The molecule has 2 aromatic rings. The lowest BCUT2D eigenvalue weighted by atomic mass is 9.97. The molecule has 1 aliphatic heterocycles. The van der Waals surface area contributed by atoms with Crippen molar-refractivity contribution in [2.75, 3.05) is 50.5 Å². The SMILES string of the molecule is CNc1nc(N2CCN(C)CC2)nc2sc3c(c12)CCCC3. The van der Waals surface area contributed by atoms with Crippen molar-refractivity contribution in [2.24, 2.45) is 0 Å². The molecule has 22 heavy (non-hydrogen) atoms. The first-order valence-electron chi connectivity index (χ1n) is 8.20. The highest BCUT2D eigenvalue weighted by molar-refractivity contribution is 7.19. The molecule has 2 aliphatic rings. The maximum absolute atomic E-state index is 4.91. The predicted molar refractivity (Wildman–Crippen MR) is 93.3 cm³/mol. The molecule has 0 radical (unpaired) electrons. The van der Waals surface area contributed by atoms with Crippen LogP contribution in [-0.4, -0.2) is 55.1 Å². The van der Waals surface area contributed by atoms with Crippen LogP contribution in [0.15, 0.2) is 0 Å². The molecule has 0 bridgehead atoms. The van der Waals surface area contributed by atoms with Crippen molar-refractivity contribution >= 4 is 33.3 Å². The highest BCUT2D eigenvalue weighted by Gasteiger charge is 2.23. The zero-order valence-corrected chi connectivity index (χ0v) is 14.2. The minimum atomic E-state index is 0.892. The van der Waals surface area contributed by atoms with E-state index in [2.05, 4.69) is 22.2 Å². The number of fused-ring (bicyclic) bond motifs is 3. The Morgan fingerprint density at radius 1 is 1.05 bits per heavy atom. The van der Waals surface area contributed by atoms with Crippen LogP contribution in [-0.2, 0) is 12.8 Å². The van der Waals surface area contributed by atoms with Crippen LogP contribution < -0.4 is 10.2 Å². The van der Waals surface area contributed by atoms with E-state index in [1.807, 2.05) is 18.4 Å². The fraction of sp³-hybridized carbons (Fsp3) is 0.625. The summed E-state index contributed by atoms with van der Waals surface area (Å²) < 4.78 is 0. The molecule has 0 spiro atoms. The number of likely N-dealkylation sites (N-methyl/N-ethyl adjacent to an activating group) is 1. The number of nitrogens with zero attached hydrogens (tertiary/aromatic N) is 4. The highest BCUT2D eigenvalue weighted by Crippen LogP contribution is 2.39. The molecular formula is C16H23N5S. The Balaban J connectivity index is 1.78. The molecule has 1 saturated heterocycles. The van der Waals surface area contributed by atoms with Crippen molar-refractivity contribution in [1.29, 1.82) is 0 Å². The third kappa shape index (κ3) is 2.34. The summed E-state index contributed by atoms with van der Waals surface area (Å²) in [5, 5.41) is 4.59. The lowest BCUT2D eigenvalue weighted by Crippen LogP contribution is -2.45. The van der Waals surface area contributed by atoms with E-state index in [0.29, 0.717) is 0 Å². The van der Waals surface area contributed by atoms with Crippen LogP contribution in [0, 0.1) is 0 Å². The minimum absolute atomic E-state index is 0.892. The number of aromatic nitrogens is 2. The minimum Gasteiger partial charge on any atom is -0.372 e. The summed E-state index contributed by atoms with van der Waals surface area (Å²) in [6, 6.07) is 0. The molecular weight excluding hydrogens is 294 g/mol. The molecule has 0 saturated carbocycles. The monoisotopic (exact) mass is 317 g/mol. The number of hydrogen-bond donors (Lipinski definition) is 1. The number of rotatable bonds is 2. The first kappa shape index (κ1) is 14.2. The van der Waals surface area contributed by atoms with Gasteiger partial charge in [0.1, 0.15) is 10.6 Å². The van der Waals surface area contributed by atoms with E-state index >= 15 is 0 Å². The van der Waals surface area contributed by atoms with Crippen LogP contribution in [0.3, 0.4) is 0 Å². The van der Waals surface area contributed by atoms with Gasteiger partial charge in [-0.2, -0.15) is 4.98 Å². The average Bonchev–Trinajstić information content (AvgIpc) is 2.93. The second-order valence-corrected chi connectivity index (χ2v) is 7.39. The van der Waals surface area contributed by atoms with Crippen molar-refractivity contribution in [3.63, 3.8) is 0 Å². The summed E-state index contributed by atoms with van der Waals surface area (Å²) in [4.78, 5) is 17.1. The quantitative estimate of drug-likeness (QED) is 0.921. The standard InChI is InChI=1S/C16H23N5S/c1-17-14-13-11-5-3-4-6-12(11)22-15(13)19-16(18-14)21-9-7-20(2)8-10-21/h3-10H2,1-2H3,(H,17,18,19). The van der Waals surface area contributed by atoms with Gasteiger partial charge in [-0.15, -0.1) is 11.3 Å². The fourth-order valence-corrected chi connectivity index (χ4v) is 4.73. The Labute approximate surface area is 135 Å². The summed E-state index contributed by atoms with van der Waals surface area (Å²) in [7, 11) is 4.15. The Hall–Kier alpha value is -1.40. The van der Waals surface area contributed by atoms with Gasteiger partial charge in [0.25, 0.3) is 0 Å². The number of piperazine rings is 1. The van der Waals surface area contributed by atoms with Gasteiger partial charge in [0.2, 0.25) is 5.95 Å². The van der Waals surface area contributed by atoms with E-state index in [1.54, 1.807) is 0 Å². The van der Waals surface area contributed by atoms with Gasteiger partial charge in [0.15, 0.2) is 0 Å². The zero-order valence-electron chi connectivity index (χ0n) is 13.4. The van der Waals surface area contributed by atoms with Crippen LogP contribution in [0.2, 0.25) is 0 Å². The maximum Gasteiger partial charge on any atom is 0.228 e. The molecule has 1 fully saturated rings. The second-order valence-electron chi connectivity index (χ2n) is 6.30. The molecule has 0 amide bonds. The zero-order chi connectivity index (χ0) is 15.1. The van der Waals surface area contributed by atoms with Gasteiger partial charge in [-0.3, -0.25) is 0 Å². The molecule has 0 unspecified atom stereocenters. The van der Waals surface area contributed by atoms with E-state index < -0.39 is 0 Å². The summed E-state index contributed by atoms with van der Waals surface area (Å²) in [5.41, 5.74) is 1.50. The van der Waals surface area contributed by atoms with Gasteiger partial charge < -0.3 is 15.1 Å². The lowest BCUT2D eigenvalue weighted by molar-refractivity contribution is 0.311. The van der Waals surface area contributed by atoms with Crippen LogP contribution in [0.5, 0.6) is 0 Å². The van der Waals surface area contributed by atoms with Crippen molar-refractivity contribution in [3.05, 3.63) is 10.4 Å². The summed E-state index contributed by atoms with van der Waals surface area (Å²) in [5.74, 6) is 1.90. The summed E-state index contributed by atoms with van der Waals surface area (Å²) >= 11 is 1.88. The summed E-state index contributed by atoms with van der Waals surface area (Å²) in [6.45, 7) is 4.18. The third-order valence-electron chi connectivity index (χ3n) is 4.83. The molecule has 0 atom stereocenters. The molecule has 1 aliphatic carbocycles. The number of hydrogen-bond acceptors (Lipinski definition) is 6. The van der Waals surface area contributed by atoms with Gasteiger partial charge in [-0.05, 0) is 38.3 Å². The van der Waals surface area contributed by atoms with Crippen molar-refractivity contribution in [1.82, 2.24) is 14.9 Å². The van der Waals surface area contributed by atoms with Gasteiger partial charge >= 0.3 is 0 Å². The third-order valence-corrected chi connectivity index (χ3v) is 6.01. The van der Waals surface area contributed by atoms with E-state index in [-0.39, 0.29) is 0 Å². The number of thiophene rings is 1. The van der Waals surface area contributed by atoms with Crippen LogP contribution in [0.1, 0.15) is 23.3 Å². The first-order chi connectivity index (χ1) is 10.8. The second kappa shape index (κ2) is 5.66. The van der Waals surface area contributed by atoms with Gasteiger partial charge in [-0.25, -0.2) is 4.98 Å². The topological polar surface area (TPSA) is 44.3 Å². The van der Waals surface area contributed by atoms with Crippen molar-refractivity contribution in [3.8, 4) is 0 Å². The number of nitrogens with one attached hydrogen (secondary N) is 1. The highest BCUT2D eigenvalue weighted by atomic mass is 32.1. The molecule has 118 valence electrons. The Bertz CT molecular complexity index is 687. The van der Waals surface area contributed by atoms with Crippen LogP contribution in [0.4, 0.5) is 11.8 Å². The molecule has 4 rings (SSSR count). The van der Waals surface area contributed by atoms with Crippen molar-refractivity contribution in [2.45, 2.75) is 25.7 Å². The molecule has 6 heteroatoms. The van der Waals surface area contributed by atoms with Gasteiger partial charge in [-0.1, -0.05) is 0 Å². The Kier molecular flexibility index (Phi) is 3.66. The van der Waals surface area contributed by atoms with Gasteiger partial charge in [0.05, 0.1) is 5.39 Å². The van der Waals surface area contributed by atoms with Gasteiger partial charge in [0, 0.05) is 38.1 Å². The largest absolute Gasteiger partial charge is 0.372 e. The van der Waals surface area contributed by atoms with E-state index in [4.69, 9.17) is 9.97 Å². The van der Waals surface area contributed by atoms with E-state index in [0.717, 1.165) is 37.9 Å². The lowest BCUT2D eigenvalue weighted by Gasteiger charge is -2.32. The van der Waals surface area contributed by atoms with Crippen molar-refractivity contribution < 1.29 is 0 Å². The van der Waals surface area contributed by atoms with Crippen LogP contribution >= 0.6 is 11.3 Å². The van der Waals surface area contributed by atoms with E-state index in [9.17, 15) is 0 Å². The van der Waals surface area contributed by atoms with Crippen LogP contribution in [0.25, 0.3) is 10.2 Å². The Morgan fingerprint density at radius 2 is 1.82 bits per heavy atom. The molecule has 2 aromatic heterocycles. The molecule has 1 N–H and O–H groups in total. The Morgan fingerprint density at radius 3 is 2.59 bits per heavy atom. The normalized spacial score (nSPS) is 19.5. The first-order valence-corrected chi connectivity index (χ1v) is 9.01. The molecule has 3 heterocycles. The predicted octanol–water partition coefficient (Wildman–Crippen LogP) is 2.36. The fourth-order valence-electron chi connectivity index (χ4n) is 3.47. The maximum atomic E-state index is 4.91. The smallest absolute Gasteiger partial charge is 0.228 e. The number of anilines is 2. The average molecular weight is 317 g/mol. The van der Waals surface area contributed by atoms with E-state index in [1.165, 1.54) is 46.3 Å². The summed E-state index contributed by atoms with van der Waals surface area (Å²) in [6.07, 6.45) is 5.00.